The predicted octanol–water partition coefficient (Wildman–Crippen LogP) is 12.4. The van der Waals surface area contributed by atoms with Crippen LogP contribution in [0.2, 0.25) is 0 Å². The van der Waals surface area contributed by atoms with Crippen molar-refractivity contribution >= 4 is 83.0 Å². The van der Waals surface area contributed by atoms with Gasteiger partial charge in [0.05, 0.1) is 22.3 Å². The lowest BCUT2D eigenvalue weighted by Crippen LogP contribution is -2.23. The maximum Gasteiger partial charge on any atom is 0.162 e. The molecule has 1 aliphatic rings. The first-order valence-corrected chi connectivity index (χ1v) is 19.9. The van der Waals surface area contributed by atoms with Gasteiger partial charge < -0.3 is 24.5 Å². The van der Waals surface area contributed by atoms with Crippen LogP contribution in [0.1, 0.15) is 16.7 Å². The van der Waals surface area contributed by atoms with Gasteiger partial charge in [-0.25, -0.2) is 9.98 Å². The molecule has 11 aromatic rings. The molecular formula is C52H35N5O2. The fourth-order valence-corrected chi connectivity index (χ4v) is 9.03. The molecule has 7 nitrogen and oxygen atoms in total. The predicted molar refractivity (Wildman–Crippen MR) is 242 cm³/mol. The van der Waals surface area contributed by atoms with E-state index in [9.17, 15) is 0 Å². The number of anilines is 1. The van der Waals surface area contributed by atoms with Gasteiger partial charge in [0.25, 0.3) is 0 Å². The van der Waals surface area contributed by atoms with Crippen LogP contribution in [0.15, 0.2) is 195 Å². The molecule has 3 N–H and O–H groups in total. The van der Waals surface area contributed by atoms with Gasteiger partial charge in [0.15, 0.2) is 11.4 Å². The summed E-state index contributed by atoms with van der Waals surface area (Å²) in [6.07, 6.45) is 0.312. The van der Waals surface area contributed by atoms with E-state index in [0.29, 0.717) is 23.7 Å². The fourth-order valence-electron chi connectivity index (χ4n) is 9.03. The quantitative estimate of drug-likeness (QED) is 0.138. The van der Waals surface area contributed by atoms with Crippen molar-refractivity contribution in [1.29, 1.82) is 0 Å². The summed E-state index contributed by atoms with van der Waals surface area (Å²) in [7, 11) is 0. The molecule has 59 heavy (non-hydrogen) atoms. The van der Waals surface area contributed by atoms with Crippen LogP contribution >= 0.6 is 0 Å². The first-order valence-electron chi connectivity index (χ1n) is 19.9. The standard InChI is InChI=1S/C52H35N5O2/c53-51(32-27-28-47-41(29-32)39-20-12-25-45(50(39)59-47)57-43-23-8-4-16-35(43)36-17-5-9-24-44(36)57)56-52(40-21-11-19-38-37-18-6-10-26-46(37)58-49(38)40)55-48-30-31-13-1-2-14-33(31)34-15-3-7-22-42(34)54-48/h1-29,48,54H,30H2,(H2,53,55,56). The summed E-state index contributed by atoms with van der Waals surface area (Å²) < 4.78 is 15.5. The summed E-state index contributed by atoms with van der Waals surface area (Å²) in [5.74, 6) is 0.813. The topological polar surface area (TPSA) is 94.0 Å². The second-order valence-corrected chi connectivity index (χ2v) is 15.1. The highest BCUT2D eigenvalue weighted by Crippen LogP contribution is 2.39. The number of hydrogen-bond donors (Lipinski definition) is 2. The van der Waals surface area contributed by atoms with E-state index >= 15 is 0 Å². The van der Waals surface area contributed by atoms with Crippen LogP contribution in [0.4, 0.5) is 5.69 Å². The molecule has 1 atom stereocenters. The van der Waals surface area contributed by atoms with Crippen molar-refractivity contribution in [3.63, 3.8) is 0 Å². The molecular weight excluding hydrogens is 727 g/mol. The second-order valence-electron chi connectivity index (χ2n) is 15.1. The average molecular weight is 762 g/mol. The van der Waals surface area contributed by atoms with E-state index < -0.39 is 0 Å². The van der Waals surface area contributed by atoms with Crippen molar-refractivity contribution < 1.29 is 8.83 Å². The molecule has 1 unspecified atom stereocenters. The zero-order valence-electron chi connectivity index (χ0n) is 31.8. The number of nitrogens with two attached hydrogens (primary N) is 1. The number of hydrogen-bond acceptors (Lipinski definition) is 4. The van der Waals surface area contributed by atoms with Crippen molar-refractivity contribution in [3.05, 3.63) is 193 Å². The monoisotopic (exact) mass is 761 g/mol. The highest BCUT2D eigenvalue weighted by Gasteiger charge is 2.23. The van der Waals surface area contributed by atoms with E-state index in [2.05, 4.69) is 137 Å². The van der Waals surface area contributed by atoms with Gasteiger partial charge in [-0.3, -0.25) is 0 Å². The number of benzene rings is 8. The molecule has 0 bridgehead atoms. The minimum atomic E-state index is -0.342. The average Bonchev–Trinajstić information content (AvgIpc) is 3.92. The minimum Gasteiger partial charge on any atom is -0.455 e. The summed E-state index contributed by atoms with van der Waals surface area (Å²) in [6, 6.07) is 60.5. The Bertz CT molecular complexity index is 3450. The zero-order chi connectivity index (χ0) is 39.0. The van der Waals surface area contributed by atoms with Gasteiger partial charge >= 0.3 is 0 Å². The molecule has 1 aliphatic heterocycles. The third-order valence-corrected chi connectivity index (χ3v) is 11.7. The lowest BCUT2D eigenvalue weighted by atomic mass is 9.98. The first kappa shape index (κ1) is 33.3. The molecule has 8 aromatic carbocycles. The summed E-state index contributed by atoms with van der Waals surface area (Å²) in [5.41, 5.74) is 19.5. The van der Waals surface area contributed by atoms with E-state index in [-0.39, 0.29) is 6.17 Å². The van der Waals surface area contributed by atoms with Crippen LogP contribution in [0, 0.1) is 0 Å². The number of furan rings is 2. The molecule has 12 rings (SSSR count). The third kappa shape index (κ3) is 5.28. The Kier molecular flexibility index (Phi) is 7.37. The van der Waals surface area contributed by atoms with Crippen LogP contribution in [0.3, 0.4) is 0 Å². The Morgan fingerprint density at radius 1 is 0.559 bits per heavy atom. The minimum absolute atomic E-state index is 0.334. The normalized spacial score (nSPS) is 14.6. The Balaban J connectivity index is 1.02. The lowest BCUT2D eigenvalue weighted by Gasteiger charge is -2.16. The SMILES string of the molecule is N/C(=N\C(=N/C1Cc2ccccc2-c2ccccc2N1)c1cccc2c1oc1ccccc12)c1ccc2oc3c(-n4c5ccccc5c5ccccc54)cccc3c2c1. The molecule has 7 heteroatoms. The number of para-hydroxylation sites is 6. The van der Waals surface area contributed by atoms with Crippen LogP contribution in [0.25, 0.3) is 82.5 Å². The van der Waals surface area contributed by atoms with Gasteiger partial charge in [-0.15, -0.1) is 0 Å². The van der Waals surface area contributed by atoms with Crippen LogP contribution in [0.5, 0.6) is 0 Å². The molecule has 0 fully saturated rings. The number of rotatable bonds is 4. The maximum atomic E-state index is 7.06. The van der Waals surface area contributed by atoms with Gasteiger partial charge in [0.2, 0.25) is 0 Å². The molecule has 3 aromatic heterocycles. The fraction of sp³-hybridized carbons (Fsp3) is 0.0385. The molecule has 0 saturated heterocycles. The Hall–Kier alpha value is -7.90. The highest BCUT2D eigenvalue weighted by atomic mass is 16.3. The molecule has 0 aliphatic carbocycles. The smallest absolute Gasteiger partial charge is 0.162 e. The van der Waals surface area contributed by atoms with Crippen molar-refractivity contribution in [3.8, 4) is 16.8 Å². The summed E-state index contributed by atoms with van der Waals surface area (Å²) in [5, 5.41) is 10.1. The van der Waals surface area contributed by atoms with E-state index in [0.717, 1.165) is 77.4 Å². The molecule has 0 saturated carbocycles. The Morgan fingerprint density at radius 3 is 2.02 bits per heavy atom. The zero-order valence-corrected chi connectivity index (χ0v) is 31.8. The van der Waals surface area contributed by atoms with Gasteiger partial charge in [0, 0.05) is 55.6 Å². The molecule has 280 valence electrons. The van der Waals surface area contributed by atoms with Crippen LogP contribution in [-0.2, 0) is 6.42 Å². The number of nitrogens with one attached hydrogen (secondary N) is 1. The number of nitrogens with zero attached hydrogens (tertiary/aromatic N) is 3. The summed E-state index contributed by atoms with van der Waals surface area (Å²) >= 11 is 0. The second kappa shape index (κ2) is 13.1. The maximum absolute atomic E-state index is 7.06. The largest absolute Gasteiger partial charge is 0.455 e. The molecule has 0 radical (unpaired) electrons. The number of aliphatic imine (C=N–C) groups is 2. The van der Waals surface area contributed by atoms with Gasteiger partial charge in [-0.2, -0.15) is 0 Å². The number of aromatic nitrogens is 1. The van der Waals surface area contributed by atoms with Gasteiger partial charge in [-0.05, 0) is 65.7 Å². The Morgan fingerprint density at radius 2 is 1.19 bits per heavy atom. The van der Waals surface area contributed by atoms with Crippen LogP contribution < -0.4 is 11.1 Å². The van der Waals surface area contributed by atoms with Crippen molar-refractivity contribution in [2.45, 2.75) is 12.6 Å². The van der Waals surface area contributed by atoms with Crippen molar-refractivity contribution in [2.24, 2.45) is 15.7 Å². The first-order chi connectivity index (χ1) is 29.2. The highest BCUT2D eigenvalue weighted by molar-refractivity contribution is 6.19. The molecule has 0 spiro atoms. The van der Waals surface area contributed by atoms with Crippen molar-refractivity contribution in [1.82, 2.24) is 4.57 Å². The van der Waals surface area contributed by atoms with E-state index in [1.165, 1.54) is 21.9 Å². The summed E-state index contributed by atoms with van der Waals surface area (Å²) in [4.78, 5) is 10.6. The number of amidine groups is 2. The lowest BCUT2D eigenvalue weighted by molar-refractivity contribution is 0.666. The van der Waals surface area contributed by atoms with Gasteiger partial charge in [-0.1, -0.05) is 121 Å². The van der Waals surface area contributed by atoms with E-state index in [1.807, 2.05) is 48.5 Å². The summed E-state index contributed by atoms with van der Waals surface area (Å²) in [6.45, 7) is 0. The van der Waals surface area contributed by atoms with E-state index in [1.54, 1.807) is 0 Å². The third-order valence-electron chi connectivity index (χ3n) is 11.7. The van der Waals surface area contributed by atoms with Gasteiger partial charge in [0.1, 0.15) is 28.8 Å². The van der Waals surface area contributed by atoms with Crippen molar-refractivity contribution in [2.75, 3.05) is 5.32 Å². The Labute approximate surface area is 338 Å². The molecule has 0 amide bonds. The molecule has 4 heterocycles. The number of fused-ring (bicyclic) bond motifs is 12. The van der Waals surface area contributed by atoms with E-state index in [4.69, 9.17) is 24.6 Å². The van der Waals surface area contributed by atoms with Crippen LogP contribution in [-0.4, -0.2) is 22.4 Å².